The summed E-state index contributed by atoms with van der Waals surface area (Å²) in [6.07, 6.45) is 1.36. The summed E-state index contributed by atoms with van der Waals surface area (Å²) in [5, 5.41) is 11.9. The van der Waals surface area contributed by atoms with Crippen molar-refractivity contribution in [1.29, 1.82) is 5.26 Å². The molecule has 0 aliphatic carbocycles. The second-order valence-corrected chi connectivity index (χ2v) is 4.61. The molecule has 1 aromatic carbocycles. The Hall–Kier alpha value is -2.68. The molecule has 0 aliphatic rings. The van der Waals surface area contributed by atoms with Gasteiger partial charge in [-0.1, -0.05) is 13.8 Å². The lowest BCUT2D eigenvalue weighted by molar-refractivity contribution is 0.624. The lowest BCUT2D eigenvalue weighted by atomic mass is 10.0. The number of hydrogen-bond acceptors (Lipinski definition) is 5. The van der Waals surface area contributed by atoms with Gasteiger partial charge >= 0.3 is 0 Å². The average molecular weight is 271 g/mol. The largest absolute Gasteiger partial charge is 0.383 e. The molecular weight excluding hydrogens is 257 g/mol. The van der Waals surface area contributed by atoms with Gasteiger partial charge < -0.3 is 11.1 Å². The fourth-order valence-electron chi connectivity index (χ4n) is 1.90. The molecule has 0 spiro atoms. The molecule has 0 atom stereocenters. The Morgan fingerprint density at radius 2 is 2.10 bits per heavy atom. The van der Waals surface area contributed by atoms with Crippen molar-refractivity contribution in [3.63, 3.8) is 0 Å². The van der Waals surface area contributed by atoms with Crippen molar-refractivity contribution < 1.29 is 4.39 Å². The Morgan fingerprint density at radius 1 is 1.35 bits per heavy atom. The van der Waals surface area contributed by atoms with E-state index in [9.17, 15) is 4.39 Å². The number of anilines is 3. The minimum Gasteiger partial charge on any atom is -0.383 e. The minimum absolute atomic E-state index is 0.0249. The Kier molecular flexibility index (Phi) is 3.80. The molecule has 0 fully saturated rings. The molecule has 6 heteroatoms. The van der Waals surface area contributed by atoms with Gasteiger partial charge in [0.2, 0.25) is 0 Å². The number of rotatable bonds is 3. The van der Waals surface area contributed by atoms with Crippen molar-refractivity contribution in [3.8, 4) is 6.07 Å². The fourth-order valence-corrected chi connectivity index (χ4v) is 1.90. The van der Waals surface area contributed by atoms with Crippen LogP contribution in [0, 0.1) is 17.1 Å². The smallest absolute Gasteiger partial charge is 0.141 e. The molecule has 0 amide bonds. The first kappa shape index (κ1) is 13.7. The highest BCUT2D eigenvalue weighted by atomic mass is 19.1. The van der Waals surface area contributed by atoms with Crippen LogP contribution in [0.4, 0.5) is 21.7 Å². The highest BCUT2D eigenvalue weighted by molar-refractivity contribution is 5.65. The number of halogens is 1. The maximum Gasteiger partial charge on any atom is 0.141 e. The average Bonchev–Trinajstić information content (AvgIpc) is 2.40. The van der Waals surface area contributed by atoms with E-state index in [2.05, 4.69) is 15.3 Å². The first-order chi connectivity index (χ1) is 9.52. The zero-order chi connectivity index (χ0) is 14.7. The van der Waals surface area contributed by atoms with E-state index in [1.807, 2.05) is 13.8 Å². The number of hydrogen-bond donors (Lipinski definition) is 2. The maximum absolute atomic E-state index is 13.3. The molecule has 102 valence electrons. The first-order valence-corrected chi connectivity index (χ1v) is 6.10. The van der Waals surface area contributed by atoms with Crippen LogP contribution in [0.1, 0.15) is 30.9 Å². The molecule has 0 aliphatic heterocycles. The van der Waals surface area contributed by atoms with E-state index in [-0.39, 0.29) is 11.5 Å². The van der Waals surface area contributed by atoms with Gasteiger partial charge in [0.05, 0.1) is 5.56 Å². The summed E-state index contributed by atoms with van der Waals surface area (Å²) in [5.74, 6) is 0.544. The second-order valence-electron chi connectivity index (χ2n) is 4.61. The topological polar surface area (TPSA) is 87.6 Å². The Balaban J connectivity index is 2.41. The lowest BCUT2D eigenvalue weighted by Gasteiger charge is -2.15. The predicted molar refractivity (Wildman–Crippen MR) is 74.9 cm³/mol. The molecule has 0 unspecified atom stereocenters. The third kappa shape index (κ3) is 2.67. The minimum atomic E-state index is -0.552. The van der Waals surface area contributed by atoms with Crippen LogP contribution in [-0.2, 0) is 0 Å². The summed E-state index contributed by atoms with van der Waals surface area (Å²) in [6, 6.07) is 6.00. The molecular formula is C14H14FN5. The van der Waals surface area contributed by atoms with Gasteiger partial charge in [-0.15, -0.1) is 0 Å². The van der Waals surface area contributed by atoms with Crippen LogP contribution in [0.2, 0.25) is 0 Å². The number of benzene rings is 1. The van der Waals surface area contributed by atoms with Gasteiger partial charge in [-0.05, 0) is 24.1 Å². The van der Waals surface area contributed by atoms with Gasteiger partial charge in [-0.3, -0.25) is 0 Å². The van der Waals surface area contributed by atoms with Crippen LogP contribution >= 0.6 is 0 Å². The molecule has 2 aromatic rings. The number of nitrogens with one attached hydrogen (secondary N) is 1. The summed E-state index contributed by atoms with van der Waals surface area (Å²) >= 11 is 0. The number of nitrogens with two attached hydrogens (primary N) is 1. The van der Waals surface area contributed by atoms with Gasteiger partial charge in [-0.25, -0.2) is 14.4 Å². The van der Waals surface area contributed by atoms with Crippen molar-refractivity contribution in [2.75, 3.05) is 11.1 Å². The molecule has 3 N–H and O–H groups in total. The van der Waals surface area contributed by atoms with Crippen LogP contribution < -0.4 is 11.1 Å². The van der Waals surface area contributed by atoms with E-state index in [0.717, 1.165) is 5.56 Å². The molecule has 0 bridgehead atoms. The normalized spacial score (nSPS) is 10.3. The molecule has 20 heavy (non-hydrogen) atoms. The van der Waals surface area contributed by atoms with Crippen molar-refractivity contribution in [3.05, 3.63) is 41.5 Å². The summed E-state index contributed by atoms with van der Waals surface area (Å²) < 4.78 is 13.3. The number of nitrogens with zero attached hydrogens (tertiary/aromatic N) is 3. The van der Waals surface area contributed by atoms with Crippen LogP contribution in [0.15, 0.2) is 24.5 Å². The fraction of sp³-hybridized carbons (Fsp3) is 0.214. The summed E-state index contributed by atoms with van der Waals surface area (Å²) in [7, 11) is 0. The molecule has 5 nitrogen and oxygen atoms in total. The summed E-state index contributed by atoms with van der Waals surface area (Å²) in [5.41, 5.74) is 7.19. The van der Waals surface area contributed by atoms with Gasteiger partial charge in [0.25, 0.3) is 0 Å². The monoisotopic (exact) mass is 271 g/mol. The zero-order valence-corrected chi connectivity index (χ0v) is 11.2. The highest BCUT2D eigenvalue weighted by Gasteiger charge is 2.13. The van der Waals surface area contributed by atoms with Crippen LogP contribution in [0.3, 0.4) is 0 Å². The van der Waals surface area contributed by atoms with Crippen molar-refractivity contribution in [1.82, 2.24) is 9.97 Å². The molecule has 1 heterocycles. The van der Waals surface area contributed by atoms with Crippen molar-refractivity contribution >= 4 is 17.3 Å². The van der Waals surface area contributed by atoms with E-state index in [4.69, 9.17) is 11.0 Å². The van der Waals surface area contributed by atoms with Crippen molar-refractivity contribution in [2.45, 2.75) is 19.8 Å². The lowest BCUT2D eigenvalue weighted by Crippen LogP contribution is -2.06. The number of nitrogen functional groups attached to an aromatic ring is 1. The van der Waals surface area contributed by atoms with Crippen molar-refractivity contribution in [2.24, 2.45) is 0 Å². The number of aromatic nitrogens is 2. The molecule has 0 saturated carbocycles. The van der Waals surface area contributed by atoms with E-state index in [0.29, 0.717) is 17.3 Å². The number of nitriles is 1. The Morgan fingerprint density at radius 3 is 2.75 bits per heavy atom. The van der Waals surface area contributed by atoms with Crippen LogP contribution in [-0.4, -0.2) is 9.97 Å². The third-order valence-corrected chi connectivity index (χ3v) is 2.84. The summed E-state index contributed by atoms with van der Waals surface area (Å²) in [4.78, 5) is 8.12. The van der Waals surface area contributed by atoms with Gasteiger partial charge in [0, 0.05) is 11.3 Å². The van der Waals surface area contributed by atoms with Crippen LogP contribution in [0.25, 0.3) is 0 Å². The molecule has 0 radical (unpaired) electrons. The van der Waals surface area contributed by atoms with Gasteiger partial charge in [-0.2, -0.15) is 5.26 Å². The van der Waals surface area contributed by atoms with E-state index in [1.165, 1.54) is 18.5 Å². The predicted octanol–water partition coefficient (Wildman–Crippen LogP) is 2.94. The molecule has 2 rings (SSSR count). The molecule has 1 aromatic heterocycles. The van der Waals surface area contributed by atoms with E-state index < -0.39 is 5.82 Å². The Labute approximate surface area is 116 Å². The standard InChI is InChI=1S/C14H14FN5/c1-8(2)12-13(17)18-7-19-14(12)20-10-3-4-11(15)9(5-10)6-16/h3-5,7-8H,1-2H3,(H3,17,18,19,20). The van der Waals surface area contributed by atoms with Gasteiger partial charge in [0.1, 0.15) is 29.8 Å². The maximum atomic E-state index is 13.3. The zero-order valence-electron chi connectivity index (χ0n) is 11.2. The quantitative estimate of drug-likeness (QED) is 0.896. The SMILES string of the molecule is CC(C)c1c(N)ncnc1Nc1ccc(F)c(C#N)c1. The Bertz CT molecular complexity index is 676. The van der Waals surface area contributed by atoms with Gasteiger partial charge in [0.15, 0.2) is 0 Å². The van der Waals surface area contributed by atoms with Crippen LogP contribution in [0.5, 0.6) is 0 Å². The summed E-state index contributed by atoms with van der Waals surface area (Å²) in [6.45, 7) is 3.96. The second kappa shape index (κ2) is 5.53. The molecule has 0 saturated heterocycles. The first-order valence-electron chi connectivity index (χ1n) is 6.10. The highest BCUT2D eigenvalue weighted by Crippen LogP contribution is 2.29. The van der Waals surface area contributed by atoms with E-state index in [1.54, 1.807) is 12.1 Å². The third-order valence-electron chi connectivity index (χ3n) is 2.84. The van der Waals surface area contributed by atoms with E-state index >= 15 is 0 Å².